The summed E-state index contributed by atoms with van der Waals surface area (Å²) in [7, 11) is 0. The van der Waals surface area contributed by atoms with Crippen LogP contribution in [0.5, 0.6) is 0 Å². The van der Waals surface area contributed by atoms with Gasteiger partial charge in [-0.15, -0.1) is 0 Å². The Bertz CT molecular complexity index is 427. The number of Topliss-reactive ketones (excluding diaryl/α,β-unsaturated/α-hetero) is 1. The van der Waals surface area contributed by atoms with E-state index >= 15 is 0 Å². The van der Waals surface area contributed by atoms with Crippen molar-refractivity contribution in [3.8, 4) is 0 Å². The Kier molecular flexibility index (Phi) is 4.02. The Labute approximate surface area is 113 Å². The van der Waals surface area contributed by atoms with E-state index in [9.17, 15) is 18.0 Å². The summed E-state index contributed by atoms with van der Waals surface area (Å²) in [6, 6.07) is 0. The largest absolute Gasteiger partial charge is 0.695 e. The SMILES string of the molecule is N=C(C1=C([NH-])C(=O)CC12OCCO2)C(F)(F)F.[Ir]. The number of hydrogen-bond acceptors (Lipinski definition) is 4. The predicted octanol–water partition coefficient (Wildman–Crippen LogP) is 1.59. The molecule has 0 aromatic heterocycles. The van der Waals surface area contributed by atoms with Crippen LogP contribution in [0.1, 0.15) is 6.42 Å². The maximum atomic E-state index is 12.5. The van der Waals surface area contributed by atoms with Gasteiger partial charge in [0.1, 0.15) is 11.5 Å². The summed E-state index contributed by atoms with van der Waals surface area (Å²) in [6.07, 6.45) is -5.41. The van der Waals surface area contributed by atoms with E-state index in [2.05, 4.69) is 0 Å². The van der Waals surface area contributed by atoms with Crippen LogP contribution in [0.4, 0.5) is 13.2 Å². The molecule has 0 unspecified atom stereocenters. The standard InChI is InChI=1S/C9H8F3N2O3.Ir/c10-9(11,12)7(14)5-6(13)4(15)3-8(5)16-1-2-17-8;/h1-3H2,(H2-,13,14);/q-1;. The van der Waals surface area contributed by atoms with Gasteiger partial charge >= 0.3 is 6.18 Å². The number of alkyl halides is 3. The smallest absolute Gasteiger partial charge is 0.433 e. The van der Waals surface area contributed by atoms with Gasteiger partial charge in [0, 0.05) is 25.7 Å². The number of carbonyl (C=O) groups is 1. The molecule has 0 aromatic carbocycles. The maximum Gasteiger partial charge on any atom is 0.433 e. The first kappa shape index (κ1) is 15.3. The number of ether oxygens (including phenoxy) is 2. The molecule has 1 aliphatic heterocycles. The van der Waals surface area contributed by atoms with Crippen LogP contribution in [0.15, 0.2) is 11.3 Å². The molecular weight excluding hydrogens is 433 g/mol. The molecule has 1 aliphatic carbocycles. The Morgan fingerprint density at radius 2 is 1.83 bits per heavy atom. The quantitative estimate of drug-likeness (QED) is 0.628. The number of rotatable bonds is 1. The van der Waals surface area contributed by atoms with E-state index in [-0.39, 0.29) is 33.3 Å². The predicted molar refractivity (Wildman–Crippen MR) is 49.4 cm³/mol. The van der Waals surface area contributed by atoms with Crippen molar-refractivity contribution in [3.05, 3.63) is 17.0 Å². The molecule has 2 rings (SSSR count). The van der Waals surface area contributed by atoms with Gasteiger partial charge in [0.05, 0.1) is 19.6 Å². The van der Waals surface area contributed by atoms with E-state index in [0.717, 1.165) is 0 Å². The molecule has 0 bridgehead atoms. The Hall–Kier alpha value is -0.761. The third kappa shape index (κ3) is 2.23. The van der Waals surface area contributed by atoms with E-state index < -0.39 is 41.1 Å². The van der Waals surface area contributed by atoms with Crippen molar-refractivity contribution in [2.24, 2.45) is 0 Å². The third-order valence-electron chi connectivity index (χ3n) is 2.59. The molecule has 0 amide bonds. The van der Waals surface area contributed by atoms with Crippen LogP contribution < -0.4 is 0 Å². The minimum atomic E-state index is -4.94. The van der Waals surface area contributed by atoms with Gasteiger partial charge in [-0.2, -0.15) is 13.2 Å². The summed E-state index contributed by atoms with van der Waals surface area (Å²) < 4.78 is 47.4. The fourth-order valence-corrected chi connectivity index (χ4v) is 1.88. The molecule has 5 nitrogen and oxygen atoms in total. The second kappa shape index (κ2) is 4.73. The Morgan fingerprint density at radius 3 is 2.28 bits per heavy atom. The molecule has 1 saturated heterocycles. The zero-order chi connectivity index (χ0) is 12.8. The van der Waals surface area contributed by atoms with E-state index in [1.165, 1.54) is 0 Å². The van der Waals surface area contributed by atoms with E-state index in [1.54, 1.807) is 0 Å². The number of hydrogen-bond donors (Lipinski definition) is 1. The monoisotopic (exact) mass is 442 g/mol. The van der Waals surface area contributed by atoms with Crippen LogP contribution >= 0.6 is 0 Å². The molecule has 9 heteroatoms. The molecular formula is C9H8F3IrN2O3-. The number of halogens is 3. The van der Waals surface area contributed by atoms with E-state index in [4.69, 9.17) is 20.6 Å². The minimum Gasteiger partial charge on any atom is -0.695 e. The van der Waals surface area contributed by atoms with Gasteiger partial charge in [-0.1, -0.05) is 5.70 Å². The summed E-state index contributed by atoms with van der Waals surface area (Å²) >= 11 is 0. The molecule has 18 heavy (non-hydrogen) atoms. The van der Waals surface area contributed by atoms with Crippen molar-refractivity contribution in [1.29, 1.82) is 5.41 Å². The molecule has 1 heterocycles. The third-order valence-corrected chi connectivity index (χ3v) is 2.59. The van der Waals surface area contributed by atoms with Crippen molar-refractivity contribution >= 4 is 11.5 Å². The topological polar surface area (TPSA) is 83.2 Å². The van der Waals surface area contributed by atoms with Gasteiger partial charge in [-0.05, 0) is 0 Å². The average Bonchev–Trinajstić information content (AvgIpc) is 2.73. The summed E-state index contributed by atoms with van der Waals surface area (Å²) in [5.41, 5.74) is 3.91. The van der Waals surface area contributed by atoms with Crippen LogP contribution in [-0.4, -0.2) is 36.7 Å². The van der Waals surface area contributed by atoms with Crippen molar-refractivity contribution in [2.75, 3.05) is 13.2 Å². The normalized spacial score (nSPS) is 22.5. The summed E-state index contributed by atoms with van der Waals surface area (Å²) in [5.74, 6) is -2.68. The Morgan fingerprint density at radius 1 is 1.33 bits per heavy atom. The zero-order valence-electron chi connectivity index (χ0n) is 8.81. The van der Waals surface area contributed by atoms with Crippen molar-refractivity contribution < 1.29 is 47.5 Å². The summed E-state index contributed by atoms with van der Waals surface area (Å²) in [6.45, 7) is 0.0738. The molecule has 0 atom stereocenters. The molecule has 0 saturated carbocycles. The number of carbonyl (C=O) groups excluding carboxylic acids is 1. The molecule has 103 valence electrons. The summed E-state index contributed by atoms with van der Waals surface area (Å²) in [4.78, 5) is 11.3. The van der Waals surface area contributed by atoms with Gasteiger partial charge in [0.15, 0.2) is 0 Å². The van der Waals surface area contributed by atoms with Gasteiger partial charge in [-0.25, -0.2) is 0 Å². The van der Waals surface area contributed by atoms with Crippen LogP contribution in [0.25, 0.3) is 5.73 Å². The van der Waals surface area contributed by atoms with E-state index in [1.807, 2.05) is 0 Å². The van der Waals surface area contributed by atoms with Crippen molar-refractivity contribution in [2.45, 2.75) is 18.4 Å². The first-order valence-electron chi connectivity index (χ1n) is 4.71. The number of nitrogens with one attached hydrogen (secondary N) is 2. The van der Waals surface area contributed by atoms with Gasteiger partial charge < -0.3 is 15.2 Å². The van der Waals surface area contributed by atoms with Gasteiger partial charge in [0.2, 0.25) is 5.79 Å². The molecule has 1 spiro atoms. The fourth-order valence-electron chi connectivity index (χ4n) is 1.88. The number of ketones is 1. The van der Waals surface area contributed by atoms with Crippen LogP contribution in [0, 0.1) is 5.41 Å². The molecule has 2 N–H and O–H groups in total. The molecule has 1 radical (unpaired) electrons. The molecule has 2 aliphatic rings. The fraction of sp³-hybridized carbons (Fsp3) is 0.556. The Balaban J connectivity index is 0.00000162. The molecule has 0 aromatic rings. The maximum absolute atomic E-state index is 12.5. The first-order valence-corrected chi connectivity index (χ1v) is 4.71. The minimum absolute atomic E-state index is 0. The van der Waals surface area contributed by atoms with Crippen LogP contribution in [-0.2, 0) is 34.4 Å². The van der Waals surface area contributed by atoms with Gasteiger partial charge in [-0.3, -0.25) is 10.2 Å². The summed E-state index contributed by atoms with van der Waals surface area (Å²) in [5, 5.41) is 7.03. The second-order valence-corrected chi connectivity index (χ2v) is 3.67. The number of allylic oxidation sites excluding steroid dienone is 1. The van der Waals surface area contributed by atoms with Crippen LogP contribution in [0.2, 0.25) is 0 Å². The van der Waals surface area contributed by atoms with E-state index in [0.29, 0.717) is 0 Å². The first-order chi connectivity index (χ1) is 7.78. The zero-order valence-corrected chi connectivity index (χ0v) is 11.2. The second-order valence-electron chi connectivity index (χ2n) is 3.67. The van der Waals surface area contributed by atoms with Crippen molar-refractivity contribution in [1.82, 2.24) is 0 Å². The molecule has 1 fully saturated rings. The average molecular weight is 441 g/mol. The van der Waals surface area contributed by atoms with Crippen molar-refractivity contribution in [3.63, 3.8) is 0 Å². The van der Waals surface area contributed by atoms with Crippen LogP contribution in [0.3, 0.4) is 0 Å². The van der Waals surface area contributed by atoms with Gasteiger partial charge in [0.25, 0.3) is 0 Å².